The van der Waals surface area contributed by atoms with E-state index < -0.39 is 0 Å². The monoisotopic (exact) mass is 188 g/mol. The number of hydrogen-bond donors (Lipinski definition) is 0. The first-order valence-electron chi connectivity index (χ1n) is 4.74. The van der Waals surface area contributed by atoms with E-state index in [0.717, 1.165) is 37.1 Å². The molecular formula is C12H12O2. The summed E-state index contributed by atoms with van der Waals surface area (Å²) in [5.74, 6) is 1.05. The Morgan fingerprint density at radius 2 is 2.07 bits per heavy atom. The summed E-state index contributed by atoms with van der Waals surface area (Å²) >= 11 is 0. The third-order valence-corrected chi connectivity index (χ3v) is 2.27. The van der Waals surface area contributed by atoms with E-state index in [2.05, 4.69) is 6.08 Å². The maximum Gasteiger partial charge on any atom is 0.150 e. The number of carbonyl (C=O) groups is 1. The van der Waals surface area contributed by atoms with Gasteiger partial charge in [-0.2, -0.15) is 0 Å². The second-order valence-corrected chi connectivity index (χ2v) is 3.34. The van der Waals surface area contributed by atoms with E-state index >= 15 is 0 Å². The first-order valence-corrected chi connectivity index (χ1v) is 4.74. The molecule has 0 amide bonds. The molecule has 2 nitrogen and oxygen atoms in total. The summed E-state index contributed by atoms with van der Waals surface area (Å²) in [6.45, 7) is 0.807. The van der Waals surface area contributed by atoms with Crippen LogP contribution in [0.25, 0.3) is 0 Å². The average molecular weight is 188 g/mol. The van der Waals surface area contributed by atoms with Crippen molar-refractivity contribution in [2.45, 2.75) is 12.8 Å². The SMILES string of the molecule is O=Cc1ccc(CC2=CCCO2)cc1. The van der Waals surface area contributed by atoms with E-state index in [1.807, 2.05) is 24.3 Å². The van der Waals surface area contributed by atoms with Gasteiger partial charge >= 0.3 is 0 Å². The lowest BCUT2D eigenvalue weighted by molar-refractivity contribution is 0.112. The Bertz CT molecular complexity index is 349. The van der Waals surface area contributed by atoms with Crippen LogP contribution in [0.15, 0.2) is 36.1 Å². The Hall–Kier alpha value is -1.57. The predicted octanol–water partition coefficient (Wildman–Crippen LogP) is 2.35. The van der Waals surface area contributed by atoms with Gasteiger partial charge in [-0.05, 0) is 11.6 Å². The number of aldehydes is 1. The second-order valence-electron chi connectivity index (χ2n) is 3.34. The topological polar surface area (TPSA) is 26.3 Å². The minimum absolute atomic E-state index is 0.718. The summed E-state index contributed by atoms with van der Waals surface area (Å²) in [7, 11) is 0. The van der Waals surface area contributed by atoms with Gasteiger partial charge in [-0.15, -0.1) is 0 Å². The lowest BCUT2D eigenvalue weighted by Gasteiger charge is -2.03. The van der Waals surface area contributed by atoms with Crippen molar-refractivity contribution in [2.24, 2.45) is 0 Å². The fourth-order valence-corrected chi connectivity index (χ4v) is 1.51. The second kappa shape index (κ2) is 4.09. The quantitative estimate of drug-likeness (QED) is 0.680. The molecule has 0 radical (unpaired) electrons. The number of carbonyl (C=O) groups excluding carboxylic acids is 1. The molecule has 2 heteroatoms. The van der Waals surface area contributed by atoms with Gasteiger partial charge in [-0.1, -0.05) is 24.3 Å². The van der Waals surface area contributed by atoms with Crippen LogP contribution in [0, 0.1) is 0 Å². The van der Waals surface area contributed by atoms with E-state index in [4.69, 9.17) is 4.74 Å². The molecule has 0 aromatic heterocycles. The van der Waals surface area contributed by atoms with Crippen LogP contribution in [-0.4, -0.2) is 12.9 Å². The van der Waals surface area contributed by atoms with Gasteiger partial charge in [0.15, 0.2) is 0 Å². The lowest BCUT2D eigenvalue weighted by atomic mass is 10.1. The smallest absolute Gasteiger partial charge is 0.150 e. The predicted molar refractivity (Wildman–Crippen MR) is 54.2 cm³/mol. The minimum Gasteiger partial charge on any atom is -0.498 e. The van der Waals surface area contributed by atoms with Gasteiger partial charge in [-0.3, -0.25) is 4.79 Å². The highest BCUT2D eigenvalue weighted by atomic mass is 16.5. The molecule has 1 aromatic carbocycles. The number of rotatable bonds is 3. The zero-order valence-electron chi connectivity index (χ0n) is 7.90. The van der Waals surface area contributed by atoms with E-state index in [-0.39, 0.29) is 0 Å². The molecule has 2 rings (SSSR count). The van der Waals surface area contributed by atoms with E-state index in [1.165, 1.54) is 5.56 Å². The zero-order valence-corrected chi connectivity index (χ0v) is 7.90. The highest BCUT2D eigenvalue weighted by Crippen LogP contribution is 2.15. The van der Waals surface area contributed by atoms with Crippen molar-refractivity contribution < 1.29 is 9.53 Å². The summed E-state index contributed by atoms with van der Waals surface area (Å²) in [6, 6.07) is 7.59. The fourth-order valence-electron chi connectivity index (χ4n) is 1.51. The van der Waals surface area contributed by atoms with Crippen LogP contribution in [0.2, 0.25) is 0 Å². The third-order valence-electron chi connectivity index (χ3n) is 2.27. The minimum atomic E-state index is 0.718. The van der Waals surface area contributed by atoms with Crippen LogP contribution < -0.4 is 0 Å². The van der Waals surface area contributed by atoms with Crippen LogP contribution in [0.3, 0.4) is 0 Å². The van der Waals surface area contributed by atoms with Crippen molar-refractivity contribution in [1.82, 2.24) is 0 Å². The molecular weight excluding hydrogens is 176 g/mol. The number of hydrogen-bond acceptors (Lipinski definition) is 2. The Balaban J connectivity index is 2.06. The molecule has 1 heterocycles. The van der Waals surface area contributed by atoms with Gasteiger partial charge in [0.05, 0.1) is 12.4 Å². The maximum atomic E-state index is 10.4. The zero-order chi connectivity index (χ0) is 9.80. The molecule has 1 aliphatic heterocycles. The van der Waals surface area contributed by atoms with Crippen molar-refractivity contribution >= 4 is 6.29 Å². The molecule has 0 fully saturated rings. The van der Waals surface area contributed by atoms with E-state index in [1.54, 1.807) is 0 Å². The standard InChI is InChI=1S/C12H12O2/c13-9-11-5-3-10(4-6-11)8-12-2-1-7-14-12/h2-6,9H,1,7-8H2. The van der Waals surface area contributed by atoms with Crippen molar-refractivity contribution in [3.63, 3.8) is 0 Å². The summed E-state index contributed by atoms with van der Waals surface area (Å²) in [6.07, 6.45) is 4.82. The van der Waals surface area contributed by atoms with Gasteiger partial charge in [0.1, 0.15) is 6.29 Å². The van der Waals surface area contributed by atoms with E-state index in [9.17, 15) is 4.79 Å². The van der Waals surface area contributed by atoms with Crippen molar-refractivity contribution in [1.29, 1.82) is 0 Å². The first kappa shape index (κ1) is 9.00. The normalized spacial score (nSPS) is 14.7. The molecule has 14 heavy (non-hydrogen) atoms. The number of benzene rings is 1. The molecule has 0 bridgehead atoms. The Morgan fingerprint density at radius 3 is 2.64 bits per heavy atom. The van der Waals surface area contributed by atoms with Gasteiger partial charge in [0.25, 0.3) is 0 Å². The average Bonchev–Trinajstić information content (AvgIpc) is 2.72. The van der Waals surface area contributed by atoms with Crippen LogP contribution in [0.4, 0.5) is 0 Å². The van der Waals surface area contributed by atoms with Gasteiger partial charge < -0.3 is 4.74 Å². The van der Waals surface area contributed by atoms with Gasteiger partial charge in [-0.25, -0.2) is 0 Å². The number of ether oxygens (including phenoxy) is 1. The Labute approximate surface area is 83.2 Å². The Kier molecular flexibility index (Phi) is 2.63. The van der Waals surface area contributed by atoms with Gasteiger partial charge in [0, 0.05) is 18.4 Å². The Morgan fingerprint density at radius 1 is 1.29 bits per heavy atom. The third kappa shape index (κ3) is 2.02. The molecule has 0 atom stereocenters. The maximum absolute atomic E-state index is 10.4. The summed E-state index contributed by atoms with van der Waals surface area (Å²) in [5, 5.41) is 0. The van der Waals surface area contributed by atoms with Crippen molar-refractivity contribution in [3.05, 3.63) is 47.2 Å². The van der Waals surface area contributed by atoms with Crippen molar-refractivity contribution in [3.8, 4) is 0 Å². The summed E-state index contributed by atoms with van der Waals surface area (Å²) < 4.78 is 5.41. The highest BCUT2D eigenvalue weighted by molar-refractivity contribution is 5.74. The largest absolute Gasteiger partial charge is 0.498 e. The molecule has 0 saturated carbocycles. The highest BCUT2D eigenvalue weighted by Gasteiger charge is 2.05. The first-order chi connectivity index (χ1) is 6.88. The number of allylic oxidation sites excluding steroid dienone is 1. The lowest BCUT2D eigenvalue weighted by Crippen LogP contribution is -1.91. The summed E-state index contributed by atoms with van der Waals surface area (Å²) in [5.41, 5.74) is 1.90. The molecule has 0 unspecified atom stereocenters. The molecule has 1 aromatic rings. The van der Waals surface area contributed by atoms with Crippen LogP contribution >= 0.6 is 0 Å². The van der Waals surface area contributed by atoms with E-state index in [0.29, 0.717) is 0 Å². The molecule has 0 saturated heterocycles. The van der Waals surface area contributed by atoms with Crippen molar-refractivity contribution in [2.75, 3.05) is 6.61 Å². The van der Waals surface area contributed by atoms with Gasteiger partial charge in [0.2, 0.25) is 0 Å². The molecule has 0 N–H and O–H groups in total. The van der Waals surface area contributed by atoms with Crippen LogP contribution in [0.5, 0.6) is 0 Å². The summed E-state index contributed by atoms with van der Waals surface area (Å²) in [4.78, 5) is 10.4. The molecule has 0 spiro atoms. The van der Waals surface area contributed by atoms with Crippen LogP contribution in [0.1, 0.15) is 22.3 Å². The molecule has 1 aliphatic rings. The van der Waals surface area contributed by atoms with Crippen LogP contribution in [-0.2, 0) is 11.2 Å². The fraction of sp³-hybridized carbons (Fsp3) is 0.250. The molecule has 0 aliphatic carbocycles. The molecule has 72 valence electrons.